The van der Waals surface area contributed by atoms with Crippen LogP contribution in [0.4, 0.5) is 5.69 Å². The van der Waals surface area contributed by atoms with Crippen LogP contribution in [0.2, 0.25) is 10.0 Å². The Kier molecular flexibility index (Phi) is 7.08. The molecule has 0 bridgehead atoms. The summed E-state index contributed by atoms with van der Waals surface area (Å²) in [6, 6.07) is 15.9. The molecule has 3 aromatic carbocycles. The summed E-state index contributed by atoms with van der Waals surface area (Å²) in [5.41, 5.74) is 3.59. The molecular weight excluding hydrogens is 425 g/mol. The van der Waals surface area contributed by atoms with Gasteiger partial charge in [-0.2, -0.15) is 0 Å². The number of anilines is 1. The average Bonchev–Trinajstić information content (AvgIpc) is 2.73. The molecular formula is C23H21Cl2NO4. The lowest BCUT2D eigenvalue weighted by atomic mass is 10.1. The van der Waals surface area contributed by atoms with Crippen LogP contribution in [0.25, 0.3) is 0 Å². The first kappa shape index (κ1) is 21.8. The lowest BCUT2D eigenvalue weighted by molar-refractivity contribution is 0.0697. The van der Waals surface area contributed by atoms with Gasteiger partial charge in [-0.3, -0.25) is 0 Å². The second-order valence-corrected chi connectivity index (χ2v) is 7.48. The predicted octanol–water partition coefficient (Wildman–Crippen LogP) is 6.20. The number of aromatic carboxylic acids is 1. The standard InChI is InChI=1S/C23H21Cl2NO4/c1-14-9-15(23(27)28)7-8-20(14)26-12-17-10-21(29-2)22(11-19(17)25)30-13-16-5-3-4-6-18(16)24/h3-11,26H,12-13H2,1-2H3,(H,27,28). The van der Waals surface area contributed by atoms with Crippen molar-refractivity contribution in [1.82, 2.24) is 0 Å². The van der Waals surface area contributed by atoms with Crippen molar-refractivity contribution in [1.29, 1.82) is 0 Å². The number of halogens is 2. The minimum Gasteiger partial charge on any atom is -0.493 e. The molecule has 0 aromatic heterocycles. The summed E-state index contributed by atoms with van der Waals surface area (Å²) < 4.78 is 11.3. The molecule has 0 fully saturated rings. The van der Waals surface area contributed by atoms with Gasteiger partial charge in [0.1, 0.15) is 6.61 Å². The number of hydrogen-bond donors (Lipinski definition) is 2. The molecule has 0 saturated carbocycles. The summed E-state index contributed by atoms with van der Waals surface area (Å²) in [5.74, 6) is 0.124. The van der Waals surface area contributed by atoms with Crippen LogP contribution in [-0.2, 0) is 13.2 Å². The minimum atomic E-state index is -0.954. The Morgan fingerprint density at radius 1 is 1.00 bits per heavy atom. The molecule has 0 aliphatic heterocycles. The maximum atomic E-state index is 11.1. The number of aryl methyl sites for hydroxylation is 1. The Labute approximate surface area is 185 Å². The fraction of sp³-hybridized carbons (Fsp3) is 0.174. The number of carbonyl (C=O) groups is 1. The Bertz CT molecular complexity index is 1070. The number of benzene rings is 3. The van der Waals surface area contributed by atoms with Crippen LogP contribution in [0.3, 0.4) is 0 Å². The first-order valence-electron chi connectivity index (χ1n) is 9.19. The quantitative estimate of drug-likeness (QED) is 0.431. The first-order valence-corrected chi connectivity index (χ1v) is 9.95. The summed E-state index contributed by atoms with van der Waals surface area (Å²) in [7, 11) is 1.57. The molecule has 0 spiro atoms. The summed E-state index contributed by atoms with van der Waals surface area (Å²) >= 11 is 12.6. The third kappa shape index (κ3) is 5.17. The van der Waals surface area contributed by atoms with E-state index in [2.05, 4.69) is 5.32 Å². The van der Waals surface area contributed by atoms with Gasteiger partial charge >= 0.3 is 5.97 Å². The zero-order valence-electron chi connectivity index (χ0n) is 16.5. The number of ether oxygens (including phenoxy) is 2. The highest BCUT2D eigenvalue weighted by molar-refractivity contribution is 6.31. The topological polar surface area (TPSA) is 67.8 Å². The molecule has 0 aliphatic carbocycles. The largest absolute Gasteiger partial charge is 0.493 e. The summed E-state index contributed by atoms with van der Waals surface area (Å²) in [4.78, 5) is 11.1. The summed E-state index contributed by atoms with van der Waals surface area (Å²) in [6.45, 7) is 2.58. The zero-order chi connectivity index (χ0) is 21.7. The molecule has 0 atom stereocenters. The van der Waals surface area contributed by atoms with E-state index < -0.39 is 5.97 Å². The van der Waals surface area contributed by atoms with Gasteiger partial charge in [0, 0.05) is 33.9 Å². The Morgan fingerprint density at radius 2 is 1.77 bits per heavy atom. The molecule has 0 radical (unpaired) electrons. The highest BCUT2D eigenvalue weighted by Gasteiger charge is 2.13. The van der Waals surface area contributed by atoms with Crippen LogP contribution >= 0.6 is 23.2 Å². The fourth-order valence-electron chi connectivity index (χ4n) is 2.94. The van der Waals surface area contributed by atoms with Crippen LogP contribution in [0, 0.1) is 6.92 Å². The number of methoxy groups -OCH3 is 1. The van der Waals surface area contributed by atoms with Gasteiger partial charge in [0.2, 0.25) is 0 Å². The molecule has 0 saturated heterocycles. The van der Waals surface area contributed by atoms with Crippen molar-refractivity contribution in [2.45, 2.75) is 20.1 Å². The van der Waals surface area contributed by atoms with Crippen LogP contribution in [0.15, 0.2) is 54.6 Å². The average molecular weight is 446 g/mol. The number of rotatable bonds is 8. The van der Waals surface area contributed by atoms with Gasteiger partial charge in [-0.05, 0) is 48.4 Å². The maximum Gasteiger partial charge on any atom is 0.335 e. The third-order valence-electron chi connectivity index (χ3n) is 4.62. The van der Waals surface area contributed by atoms with Gasteiger partial charge in [0.05, 0.1) is 12.7 Å². The molecule has 5 nitrogen and oxygen atoms in total. The minimum absolute atomic E-state index is 0.248. The van der Waals surface area contributed by atoms with Gasteiger partial charge in [0.25, 0.3) is 0 Å². The molecule has 7 heteroatoms. The van der Waals surface area contributed by atoms with E-state index in [-0.39, 0.29) is 5.56 Å². The van der Waals surface area contributed by atoms with E-state index >= 15 is 0 Å². The second-order valence-electron chi connectivity index (χ2n) is 6.66. The Morgan fingerprint density at radius 3 is 2.43 bits per heavy atom. The number of nitrogens with one attached hydrogen (secondary N) is 1. The van der Waals surface area contributed by atoms with Crippen LogP contribution < -0.4 is 14.8 Å². The molecule has 0 unspecified atom stereocenters. The van der Waals surface area contributed by atoms with Crippen molar-refractivity contribution >= 4 is 34.9 Å². The lowest BCUT2D eigenvalue weighted by Gasteiger charge is -2.16. The van der Waals surface area contributed by atoms with Gasteiger partial charge in [-0.15, -0.1) is 0 Å². The predicted molar refractivity (Wildman–Crippen MR) is 119 cm³/mol. The molecule has 0 amide bonds. The van der Waals surface area contributed by atoms with Gasteiger partial charge in [-0.25, -0.2) is 4.79 Å². The van der Waals surface area contributed by atoms with E-state index in [1.54, 1.807) is 31.4 Å². The van der Waals surface area contributed by atoms with E-state index in [0.29, 0.717) is 34.7 Å². The summed E-state index contributed by atoms with van der Waals surface area (Å²) in [5, 5.41) is 13.5. The van der Waals surface area contributed by atoms with Crippen molar-refractivity contribution in [3.63, 3.8) is 0 Å². The molecule has 156 valence electrons. The van der Waals surface area contributed by atoms with Crippen molar-refractivity contribution in [2.24, 2.45) is 0 Å². The van der Waals surface area contributed by atoms with E-state index in [1.807, 2.05) is 37.3 Å². The van der Waals surface area contributed by atoms with E-state index in [9.17, 15) is 4.79 Å². The van der Waals surface area contributed by atoms with Crippen molar-refractivity contribution in [3.05, 3.63) is 86.9 Å². The molecule has 0 aliphatic rings. The first-order chi connectivity index (χ1) is 14.4. The molecule has 3 rings (SSSR count). The Hall–Kier alpha value is -2.89. The lowest BCUT2D eigenvalue weighted by Crippen LogP contribution is -2.05. The van der Waals surface area contributed by atoms with Crippen LogP contribution in [0.1, 0.15) is 27.0 Å². The van der Waals surface area contributed by atoms with Gasteiger partial charge in [-0.1, -0.05) is 41.4 Å². The normalized spacial score (nSPS) is 10.5. The van der Waals surface area contributed by atoms with Crippen LogP contribution in [-0.4, -0.2) is 18.2 Å². The highest BCUT2D eigenvalue weighted by Crippen LogP contribution is 2.35. The molecule has 30 heavy (non-hydrogen) atoms. The maximum absolute atomic E-state index is 11.1. The molecule has 0 heterocycles. The molecule has 2 N–H and O–H groups in total. The molecule has 3 aromatic rings. The smallest absolute Gasteiger partial charge is 0.335 e. The fourth-order valence-corrected chi connectivity index (χ4v) is 3.35. The van der Waals surface area contributed by atoms with Gasteiger partial charge in [0.15, 0.2) is 11.5 Å². The van der Waals surface area contributed by atoms with Gasteiger partial charge < -0.3 is 19.9 Å². The number of hydrogen-bond acceptors (Lipinski definition) is 4. The van der Waals surface area contributed by atoms with E-state index in [1.165, 1.54) is 0 Å². The monoisotopic (exact) mass is 445 g/mol. The van der Waals surface area contributed by atoms with E-state index in [0.717, 1.165) is 22.4 Å². The summed E-state index contributed by atoms with van der Waals surface area (Å²) in [6.07, 6.45) is 0. The zero-order valence-corrected chi connectivity index (χ0v) is 18.1. The van der Waals surface area contributed by atoms with Crippen molar-refractivity contribution in [2.75, 3.05) is 12.4 Å². The van der Waals surface area contributed by atoms with Crippen molar-refractivity contribution in [3.8, 4) is 11.5 Å². The SMILES string of the molecule is COc1cc(CNc2ccc(C(=O)O)cc2C)c(Cl)cc1OCc1ccccc1Cl. The van der Waals surface area contributed by atoms with E-state index in [4.69, 9.17) is 37.8 Å². The highest BCUT2D eigenvalue weighted by atomic mass is 35.5. The third-order valence-corrected chi connectivity index (χ3v) is 5.34. The van der Waals surface area contributed by atoms with Crippen LogP contribution in [0.5, 0.6) is 11.5 Å². The second kappa shape index (κ2) is 9.74. The van der Waals surface area contributed by atoms with Crippen molar-refractivity contribution < 1.29 is 19.4 Å². The number of carboxylic acids is 1. The Balaban J connectivity index is 1.74. The number of carboxylic acid groups (broad SMARTS) is 1.